The van der Waals surface area contributed by atoms with Gasteiger partial charge in [0.1, 0.15) is 6.04 Å². The Kier molecular flexibility index (Phi) is 4.10. The lowest BCUT2D eigenvalue weighted by Gasteiger charge is -2.34. The molecule has 0 spiro atoms. The van der Waals surface area contributed by atoms with Gasteiger partial charge in [-0.2, -0.15) is 16.3 Å². The summed E-state index contributed by atoms with van der Waals surface area (Å²) in [5.74, 6) is 1.12. The van der Waals surface area contributed by atoms with Crippen LogP contribution >= 0.6 is 11.3 Å². The molecule has 1 atom stereocenters. The molecule has 6 nitrogen and oxygen atoms in total. The van der Waals surface area contributed by atoms with Crippen LogP contribution in [0, 0.1) is 0 Å². The lowest BCUT2D eigenvalue weighted by Crippen LogP contribution is -2.49. The van der Waals surface area contributed by atoms with Gasteiger partial charge in [-0.25, -0.2) is 0 Å². The maximum absolute atomic E-state index is 12.4. The van der Waals surface area contributed by atoms with E-state index in [9.17, 15) is 4.79 Å². The first kappa shape index (κ1) is 15.0. The van der Waals surface area contributed by atoms with Crippen molar-refractivity contribution in [3.63, 3.8) is 0 Å². The molecule has 0 aliphatic carbocycles. The van der Waals surface area contributed by atoms with Gasteiger partial charge in [-0.3, -0.25) is 9.69 Å². The maximum atomic E-state index is 12.4. The Labute approximate surface area is 143 Å². The third-order valence-electron chi connectivity index (χ3n) is 4.01. The van der Waals surface area contributed by atoms with E-state index in [4.69, 9.17) is 4.52 Å². The number of hydrogen-bond acceptors (Lipinski definition) is 6. The molecule has 3 aromatic rings. The Morgan fingerprint density at radius 3 is 2.96 bits per heavy atom. The van der Waals surface area contributed by atoms with Crippen LogP contribution in [-0.2, 0) is 11.3 Å². The number of amides is 1. The first-order valence-electron chi connectivity index (χ1n) is 7.73. The van der Waals surface area contributed by atoms with E-state index in [1.807, 2.05) is 47.2 Å². The molecular weight excluding hydrogens is 324 g/mol. The monoisotopic (exact) mass is 340 g/mol. The van der Waals surface area contributed by atoms with Crippen LogP contribution in [0.25, 0.3) is 11.5 Å². The molecule has 1 aliphatic heterocycles. The normalized spacial score (nSPS) is 18.5. The van der Waals surface area contributed by atoms with Crippen molar-refractivity contribution in [2.24, 2.45) is 0 Å². The van der Waals surface area contributed by atoms with Crippen molar-refractivity contribution in [2.45, 2.75) is 12.6 Å². The topological polar surface area (TPSA) is 71.3 Å². The smallest absolute Gasteiger partial charge is 0.258 e. The fraction of sp³-hybridized carbons (Fsp3) is 0.235. The molecule has 1 unspecified atom stereocenters. The van der Waals surface area contributed by atoms with Crippen molar-refractivity contribution < 1.29 is 9.32 Å². The van der Waals surface area contributed by atoms with Crippen molar-refractivity contribution in [2.75, 3.05) is 13.1 Å². The molecule has 1 N–H and O–H groups in total. The zero-order valence-electron chi connectivity index (χ0n) is 12.9. The first-order valence-corrected chi connectivity index (χ1v) is 8.67. The molecule has 122 valence electrons. The summed E-state index contributed by atoms with van der Waals surface area (Å²) in [6.45, 7) is 1.84. The van der Waals surface area contributed by atoms with Gasteiger partial charge in [0.05, 0.1) is 12.1 Å². The summed E-state index contributed by atoms with van der Waals surface area (Å²) in [7, 11) is 0. The van der Waals surface area contributed by atoms with Gasteiger partial charge < -0.3 is 9.84 Å². The quantitative estimate of drug-likeness (QED) is 0.790. The zero-order valence-corrected chi connectivity index (χ0v) is 13.7. The minimum atomic E-state index is -0.331. The molecule has 0 bridgehead atoms. The zero-order chi connectivity index (χ0) is 16.4. The van der Waals surface area contributed by atoms with Gasteiger partial charge in [0.2, 0.25) is 5.91 Å². The van der Waals surface area contributed by atoms with E-state index in [1.165, 1.54) is 0 Å². The molecule has 1 aliphatic rings. The number of carbonyl (C=O) groups excluding carboxylic acids is 1. The van der Waals surface area contributed by atoms with Gasteiger partial charge in [-0.15, -0.1) is 0 Å². The van der Waals surface area contributed by atoms with Crippen LogP contribution in [-0.4, -0.2) is 34.0 Å². The minimum absolute atomic E-state index is 0.00834. The SMILES string of the molecule is O=C1NCCN(Cc2noc(-c3ccsc3)n2)C1c1ccccc1. The Morgan fingerprint density at radius 1 is 1.29 bits per heavy atom. The van der Waals surface area contributed by atoms with Gasteiger partial charge in [-0.1, -0.05) is 35.5 Å². The predicted octanol–water partition coefficient (Wildman–Crippen LogP) is 2.47. The van der Waals surface area contributed by atoms with Crippen LogP contribution in [0.3, 0.4) is 0 Å². The van der Waals surface area contributed by atoms with Crippen LogP contribution in [0.1, 0.15) is 17.4 Å². The molecule has 1 saturated heterocycles. The molecule has 24 heavy (non-hydrogen) atoms. The first-order chi connectivity index (χ1) is 11.8. The van der Waals surface area contributed by atoms with Gasteiger partial charge in [-0.05, 0) is 17.0 Å². The largest absolute Gasteiger partial charge is 0.353 e. The lowest BCUT2D eigenvalue weighted by atomic mass is 10.0. The summed E-state index contributed by atoms with van der Waals surface area (Å²) in [6, 6.07) is 11.4. The van der Waals surface area contributed by atoms with E-state index in [0.717, 1.165) is 17.7 Å². The van der Waals surface area contributed by atoms with Crippen LogP contribution in [0.15, 0.2) is 51.7 Å². The average Bonchev–Trinajstić information content (AvgIpc) is 3.27. The fourth-order valence-corrected chi connectivity index (χ4v) is 3.52. The molecular formula is C17H16N4O2S. The van der Waals surface area contributed by atoms with Crippen LogP contribution < -0.4 is 5.32 Å². The standard InChI is InChI=1S/C17H16N4O2S/c22-16-15(12-4-2-1-3-5-12)21(8-7-18-16)10-14-19-17(23-20-14)13-6-9-24-11-13/h1-6,9,11,15H,7-8,10H2,(H,18,22). The van der Waals surface area contributed by atoms with E-state index in [2.05, 4.69) is 20.4 Å². The second-order valence-electron chi connectivity index (χ2n) is 5.60. The molecule has 1 aromatic carbocycles. The number of nitrogens with one attached hydrogen (secondary N) is 1. The fourth-order valence-electron chi connectivity index (χ4n) is 2.89. The highest BCUT2D eigenvalue weighted by atomic mass is 32.1. The van der Waals surface area contributed by atoms with Crippen molar-refractivity contribution in [3.8, 4) is 11.5 Å². The Bertz CT molecular complexity index is 816. The van der Waals surface area contributed by atoms with Crippen LogP contribution in [0.2, 0.25) is 0 Å². The van der Waals surface area contributed by atoms with Gasteiger partial charge in [0.25, 0.3) is 5.89 Å². The van der Waals surface area contributed by atoms with Crippen LogP contribution in [0.5, 0.6) is 0 Å². The van der Waals surface area contributed by atoms with Gasteiger partial charge in [0, 0.05) is 18.5 Å². The summed E-state index contributed by atoms with van der Waals surface area (Å²) < 4.78 is 5.34. The van der Waals surface area contributed by atoms with Crippen molar-refractivity contribution >= 4 is 17.2 Å². The summed E-state index contributed by atoms with van der Waals surface area (Å²) in [6.07, 6.45) is 0. The van der Waals surface area contributed by atoms with E-state index in [-0.39, 0.29) is 11.9 Å². The maximum Gasteiger partial charge on any atom is 0.258 e. The second kappa shape index (κ2) is 6.54. The highest BCUT2D eigenvalue weighted by Gasteiger charge is 2.31. The number of hydrogen-bond donors (Lipinski definition) is 1. The lowest BCUT2D eigenvalue weighted by molar-refractivity contribution is -0.129. The number of aromatic nitrogens is 2. The Morgan fingerprint density at radius 2 is 2.17 bits per heavy atom. The molecule has 2 aromatic heterocycles. The summed E-state index contributed by atoms with van der Waals surface area (Å²) in [5, 5.41) is 10.9. The minimum Gasteiger partial charge on any atom is -0.353 e. The number of thiophene rings is 1. The third kappa shape index (κ3) is 2.95. The predicted molar refractivity (Wildman–Crippen MR) is 90.2 cm³/mol. The Balaban J connectivity index is 1.57. The van der Waals surface area contributed by atoms with E-state index >= 15 is 0 Å². The summed E-state index contributed by atoms with van der Waals surface area (Å²) in [5.41, 5.74) is 1.89. The van der Waals surface area contributed by atoms with Crippen LogP contribution in [0.4, 0.5) is 0 Å². The third-order valence-corrected chi connectivity index (χ3v) is 4.69. The summed E-state index contributed by atoms with van der Waals surface area (Å²) >= 11 is 1.59. The molecule has 7 heteroatoms. The molecule has 1 fully saturated rings. The van der Waals surface area contributed by atoms with Crippen molar-refractivity contribution in [3.05, 3.63) is 58.5 Å². The number of nitrogens with zero attached hydrogens (tertiary/aromatic N) is 3. The molecule has 4 rings (SSSR count). The number of carbonyl (C=O) groups is 1. The number of benzene rings is 1. The van der Waals surface area contributed by atoms with E-state index in [1.54, 1.807) is 11.3 Å². The second-order valence-corrected chi connectivity index (χ2v) is 6.38. The molecule has 0 saturated carbocycles. The van der Waals surface area contributed by atoms with E-state index in [0.29, 0.717) is 24.8 Å². The van der Waals surface area contributed by atoms with E-state index < -0.39 is 0 Å². The van der Waals surface area contributed by atoms with Gasteiger partial charge >= 0.3 is 0 Å². The average molecular weight is 340 g/mol. The molecule has 0 radical (unpaired) electrons. The molecule has 3 heterocycles. The Hall–Kier alpha value is -2.51. The van der Waals surface area contributed by atoms with Crippen molar-refractivity contribution in [1.82, 2.24) is 20.4 Å². The van der Waals surface area contributed by atoms with Crippen molar-refractivity contribution in [1.29, 1.82) is 0 Å². The highest BCUT2D eigenvalue weighted by molar-refractivity contribution is 7.08. The number of rotatable bonds is 4. The summed E-state index contributed by atoms with van der Waals surface area (Å²) in [4.78, 5) is 18.9. The van der Waals surface area contributed by atoms with Gasteiger partial charge in [0.15, 0.2) is 5.82 Å². The number of piperazine rings is 1. The molecule has 1 amide bonds. The highest BCUT2D eigenvalue weighted by Crippen LogP contribution is 2.25.